The molecule has 34 heavy (non-hydrogen) atoms. The van der Waals surface area contributed by atoms with E-state index in [0.29, 0.717) is 24.3 Å². The summed E-state index contributed by atoms with van der Waals surface area (Å²) in [6, 6.07) is 2.89. The summed E-state index contributed by atoms with van der Waals surface area (Å²) in [4.78, 5) is 13.2. The van der Waals surface area contributed by atoms with Gasteiger partial charge in [-0.25, -0.2) is 0 Å². The Morgan fingerprint density at radius 2 is 1.56 bits per heavy atom. The third kappa shape index (κ3) is 5.22. The van der Waals surface area contributed by atoms with Gasteiger partial charge in [0.05, 0.1) is 22.2 Å². The zero-order valence-corrected chi connectivity index (χ0v) is 19.9. The van der Waals surface area contributed by atoms with Crippen LogP contribution >= 0.6 is 11.9 Å². The van der Waals surface area contributed by atoms with E-state index in [1.165, 1.54) is 18.0 Å². The van der Waals surface area contributed by atoms with Crippen LogP contribution in [-0.2, 0) is 17.0 Å². The largest absolute Gasteiger partial charge is 0.416 e. The van der Waals surface area contributed by atoms with E-state index in [4.69, 9.17) is 0 Å². The van der Waals surface area contributed by atoms with Crippen LogP contribution in [0.2, 0.25) is 0 Å². The number of hydrogen-bond acceptors (Lipinski definition) is 4. The molecule has 0 atom stereocenters. The second-order valence-electron chi connectivity index (χ2n) is 9.54. The van der Waals surface area contributed by atoms with Crippen molar-refractivity contribution in [3.8, 4) is 0 Å². The molecule has 4 fully saturated rings. The van der Waals surface area contributed by atoms with E-state index in [2.05, 4.69) is 10.0 Å². The van der Waals surface area contributed by atoms with Gasteiger partial charge in [0.2, 0.25) is 0 Å². The van der Waals surface area contributed by atoms with Gasteiger partial charge in [-0.05, 0) is 81.5 Å². The summed E-state index contributed by atoms with van der Waals surface area (Å²) in [5, 5.41) is 2.92. The minimum Gasteiger partial charge on any atom is -0.347 e. The van der Waals surface area contributed by atoms with Crippen molar-refractivity contribution in [1.29, 1.82) is 0 Å². The van der Waals surface area contributed by atoms with Crippen LogP contribution in [-0.4, -0.2) is 38.6 Å². The molecule has 1 aromatic carbocycles. The number of fused-ring (bicyclic) bond motifs is 3. The molecule has 12 heteroatoms. The molecule has 5 rings (SSSR count). The number of nitrogens with one attached hydrogen (secondary N) is 2. The number of carbonyl (C=O) groups is 1. The highest BCUT2D eigenvalue weighted by molar-refractivity contribution is 8.01. The zero-order chi connectivity index (χ0) is 24.8. The summed E-state index contributed by atoms with van der Waals surface area (Å²) in [5.41, 5.74) is -3.50. The van der Waals surface area contributed by atoms with Crippen LogP contribution in [0.5, 0.6) is 0 Å². The zero-order valence-electron chi connectivity index (χ0n) is 18.3. The Balaban J connectivity index is 1.51. The summed E-state index contributed by atoms with van der Waals surface area (Å²) in [6.07, 6.45) is -7.40. The van der Waals surface area contributed by atoms with Gasteiger partial charge in [0.1, 0.15) is 0 Å². The number of carbonyl (C=O) groups excluding carboxylic acids is 1. The van der Waals surface area contributed by atoms with Crippen LogP contribution in [0.15, 0.2) is 18.2 Å². The number of rotatable bonds is 5. The van der Waals surface area contributed by atoms with Gasteiger partial charge in [-0.1, -0.05) is 0 Å². The third-order valence-corrected chi connectivity index (χ3v) is 10.0. The molecule has 190 valence electrons. The number of amides is 1. The van der Waals surface area contributed by atoms with Crippen molar-refractivity contribution in [3.63, 3.8) is 0 Å². The Morgan fingerprint density at radius 3 is 2.09 bits per heavy atom. The molecular weight excluding hydrogens is 502 g/mol. The fourth-order valence-corrected chi connectivity index (χ4v) is 7.68. The van der Waals surface area contributed by atoms with Gasteiger partial charge in [-0.15, -0.1) is 0 Å². The molecule has 0 aromatic heterocycles. The van der Waals surface area contributed by atoms with E-state index in [-0.39, 0.29) is 55.0 Å². The van der Waals surface area contributed by atoms with Gasteiger partial charge >= 0.3 is 12.4 Å². The third-order valence-electron chi connectivity index (χ3n) is 7.49. The number of anilines is 1. The fourth-order valence-electron chi connectivity index (χ4n) is 5.14. The number of hydrogen-bond donors (Lipinski definition) is 2. The van der Waals surface area contributed by atoms with Crippen molar-refractivity contribution in [2.24, 2.45) is 5.41 Å². The topological polar surface area (TPSA) is 58.2 Å². The second-order valence-corrected chi connectivity index (χ2v) is 12.3. The van der Waals surface area contributed by atoms with E-state index >= 15 is 0 Å². The fraction of sp³-hybridized carbons (Fsp3) is 0.682. The van der Waals surface area contributed by atoms with Crippen LogP contribution < -0.4 is 10.0 Å². The maximum atomic E-state index is 13.5. The van der Waals surface area contributed by atoms with Crippen molar-refractivity contribution in [2.75, 3.05) is 16.2 Å². The molecule has 2 bridgehead atoms. The first-order valence-corrected chi connectivity index (χ1v) is 13.6. The predicted molar refractivity (Wildman–Crippen MR) is 120 cm³/mol. The van der Waals surface area contributed by atoms with E-state index in [1.54, 1.807) is 0 Å². The predicted octanol–water partition coefficient (Wildman–Crippen LogP) is 6.06. The second kappa shape index (κ2) is 9.22. The van der Waals surface area contributed by atoms with Crippen LogP contribution in [0.1, 0.15) is 67.3 Å². The van der Waals surface area contributed by atoms with Crippen molar-refractivity contribution in [1.82, 2.24) is 5.32 Å². The molecule has 1 aromatic rings. The standard InChI is InChI=1S/C22H26F6N2O2S2/c23-21(24,25)14-1-2-17(30-33-15-3-11-34(32)12-4-15)16(13-14)18(31)29-20-8-5-19(6-9-20,7-10-20)22(26,27)28/h1-2,13,15,30H,3-12H2,(H,29,31). The SMILES string of the molecule is O=C(NC12CCC(C(F)(F)F)(CC1)CC2)c1cc(C(F)(F)F)ccc1NSC1CCS(=O)CC1. The summed E-state index contributed by atoms with van der Waals surface area (Å²) < 4.78 is 95.1. The molecule has 0 radical (unpaired) electrons. The van der Waals surface area contributed by atoms with Crippen LogP contribution in [0.3, 0.4) is 0 Å². The Labute approximate surface area is 200 Å². The van der Waals surface area contributed by atoms with Crippen LogP contribution in [0.25, 0.3) is 0 Å². The lowest BCUT2D eigenvalue weighted by molar-refractivity contribution is -0.253. The molecule has 3 aliphatic carbocycles. The molecule has 0 spiro atoms. The highest BCUT2D eigenvalue weighted by Gasteiger charge is 2.61. The summed E-state index contributed by atoms with van der Waals surface area (Å²) >= 11 is 1.29. The summed E-state index contributed by atoms with van der Waals surface area (Å²) in [5.74, 6) is 0.392. The number of halogens is 6. The molecule has 0 unspecified atom stereocenters. The van der Waals surface area contributed by atoms with Gasteiger partial charge in [0.15, 0.2) is 0 Å². The Hall–Kier alpha value is -1.43. The van der Waals surface area contributed by atoms with Crippen molar-refractivity contribution >= 4 is 34.3 Å². The molecule has 3 saturated carbocycles. The van der Waals surface area contributed by atoms with Crippen LogP contribution in [0, 0.1) is 5.41 Å². The van der Waals surface area contributed by atoms with Gasteiger partial charge in [-0.3, -0.25) is 9.00 Å². The minimum absolute atomic E-state index is 0.0939. The van der Waals surface area contributed by atoms with Crippen molar-refractivity contribution < 1.29 is 35.3 Å². The molecule has 4 aliphatic rings. The maximum Gasteiger partial charge on any atom is 0.416 e. The first kappa shape index (κ1) is 25.7. The van der Waals surface area contributed by atoms with E-state index in [0.717, 1.165) is 12.1 Å². The molecule has 1 heterocycles. The first-order valence-electron chi connectivity index (χ1n) is 11.2. The van der Waals surface area contributed by atoms with Gasteiger partial charge in [0, 0.05) is 33.1 Å². The molecule has 1 saturated heterocycles. The molecule has 4 nitrogen and oxygen atoms in total. The Morgan fingerprint density at radius 1 is 0.971 bits per heavy atom. The highest BCUT2D eigenvalue weighted by Crippen LogP contribution is 2.59. The average molecular weight is 529 g/mol. The number of benzene rings is 1. The highest BCUT2D eigenvalue weighted by atomic mass is 32.2. The van der Waals surface area contributed by atoms with E-state index < -0.39 is 45.6 Å². The summed E-state index contributed by atoms with van der Waals surface area (Å²) in [6.45, 7) is 0. The average Bonchev–Trinajstić information content (AvgIpc) is 2.78. The summed E-state index contributed by atoms with van der Waals surface area (Å²) in [7, 11) is -0.850. The Bertz CT molecular complexity index is 931. The van der Waals surface area contributed by atoms with Crippen molar-refractivity contribution in [2.45, 2.75) is 74.5 Å². The lowest BCUT2D eigenvalue weighted by Gasteiger charge is -2.54. The van der Waals surface area contributed by atoms with E-state index in [9.17, 15) is 35.3 Å². The van der Waals surface area contributed by atoms with Gasteiger partial charge in [0.25, 0.3) is 5.91 Å². The molecule has 1 amide bonds. The lowest BCUT2D eigenvalue weighted by atomic mass is 9.57. The van der Waals surface area contributed by atoms with Crippen molar-refractivity contribution in [3.05, 3.63) is 29.3 Å². The monoisotopic (exact) mass is 528 g/mol. The Kier molecular flexibility index (Phi) is 6.96. The number of alkyl halides is 6. The molecule has 1 aliphatic heterocycles. The lowest BCUT2D eigenvalue weighted by Crippen LogP contribution is -2.59. The minimum atomic E-state index is -4.64. The van der Waals surface area contributed by atoms with Gasteiger partial charge in [-0.2, -0.15) is 26.3 Å². The quantitative estimate of drug-likeness (QED) is 0.360. The van der Waals surface area contributed by atoms with E-state index in [1.807, 2.05) is 0 Å². The smallest absolute Gasteiger partial charge is 0.347 e. The van der Waals surface area contributed by atoms with Crippen LogP contribution in [0.4, 0.5) is 32.0 Å². The first-order chi connectivity index (χ1) is 15.8. The van der Waals surface area contributed by atoms with Gasteiger partial charge < -0.3 is 10.0 Å². The maximum absolute atomic E-state index is 13.5. The normalized spacial score (nSPS) is 31.8. The molecule has 2 N–H and O–H groups in total. The molecular formula is C22H26F6N2O2S2.